The molecule has 0 spiro atoms. The van der Waals surface area contributed by atoms with Gasteiger partial charge in [-0.15, -0.1) is 0 Å². The Morgan fingerprint density at radius 2 is 1.70 bits per heavy atom. The Bertz CT molecular complexity index is 475. The van der Waals surface area contributed by atoms with E-state index < -0.39 is 0 Å². The van der Waals surface area contributed by atoms with Gasteiger partial charge >= 0.3 is 0 Å². The van der Waals surface area contributed by atoms with E-state index in [-0.39, 0.29) is 0 Å². The van der Waals surface area contributed by atoms with Gasteiger partial charge in [-0.25, -0.2) is 0 Å². The van der Waals surface area contributed by atoms with Crippen LogP contribution in [0.5, 0.6) is 0 Å². The lowest BCUT2D eigenvalue weighted by Gasteiger charge is -2.36. The number of likely N-dealkylation sites (tertiary alicyclic amines) is 1. The van der Waals surface area contributed by atoms with Crippen LogP contribution < -0.4 is 5.73 Å². The van der Waals surface area contributed by atoms with Crippen molar-refractivity contribution in [1.82, 2.24) is 24.8 Å². The molecule has 7 heteroatoms. The van der Waals surface area contributed by atoms with Gasteiger partial charge < -0.3 is 10.3 Å². The standard InChI is InChI=1S/C16H30N6O/c1-13-3-4-14(2)22(13)10-9-20-5-7-21(8-6-20)12-15-18-16(11-17)23-19-15/h13-14H,3-12,17H2,1-2H3. The van der Waals surface area contributed by atoms with Crippen LogP contribution in [0.25, 0.3) is 0 Å². The summed E-state index contributed by atoms with van der Waals surface area (Å²) in [5, 5.41) is 3.98. The Labute approximate surface area is 138 Å². The van der Waals surface area contributed by atoms with Crippen molar-refractivity contribution in [3.8, 4) is 0 Å². The van der Waals surface area contributed by atoms with Crippen molar-refractivity contribution >= 4 is 0 Å². The molecule has 2 unspecified atom stereocenters. The van der Waals surface area contributed by atoms with Crippen LogP contribution in [0.1, 0.15) is 38.4 Å². The van der Waals surface area contributed by atoms with E-state index in [4.69, 9.17) is 10.3 Å². The maximum Gasteiger partial charge on any atom is 0.240 e. The molecule has 2 atom stereocenters. The highest BCUT2D eigenvalue weighted by Crippen LogP contribution is 2.22. The maximum atomic E-state index is 5.50. The average molecular weight is 322 g/mol. The number of nitrogens with two attached hydrogens (primary N) is 1. The Morgan fingerprint density at radius 3 is 2.30 bits per heavy atom. The lowest BCUT2D eigenvalue weighted by atomic mass is 10.2. The SMILES string of the molecule is CC1CCC(C)N1CCN1CCN(Cc2noc(CN)n2)CC1. The average Bonchev–Trinajstić information content (AvgIpc) is 3.14. The Kier molecular flexibility index (Phi) is 5.63. The molecule has 0 aliphatic carbocycles. The summed E-state index contributed by atoms with van der Waals surface area (Å²) in [4.78, 5) is 11.9. The summed E-state index contributed by atoms with van der Waals surface area (Å²) in [7, 11) is 0. The highest BCUT2D eigenvalue weighted by Gasteiger charge is 2.27. The maximum absolute atomic E-state index is 5.50. The number of rotatable bonds is 6. The van der Waals surface area contributed by atoms with Crippen molar-refractivity contribution in [3.05, 3.63) is 11.7 Å². The monoisotopic (exact) mass is 322 g/mol. The van der Waals surface area contributed by atoms with E-state index in [9.17, 15) is 0 Å². The molecule has 130 valence electrons. The third-order valence-electron chi connectivity index (χ3n) is 5.32. The minimum absolute atomic E-state index is 0.314. The summed E-state index contributed by atoms with van der Waals surface area (Å²) < 4.78 is 5.06. The van der Waals surface area contributed by atoms with E-state index in [1.165, 1.54) is 25.9 Å². The van der Waals surface area contributed by atoms with Gasteiger partial charge in [0.15, 0.2) is 5.82 Å². The smallest absolute Gasteiger partial charge is 0.240 e. The third-order valence-corrected chi connectivity index (χ3v) is 5.32. The predicted octanol–water partition coefficient (Wildman–Crippen LogP) is 0.519. The topological polar surface area (TPSA) is 74.7 Å². The summed E-state index contributed by atoms with van der Waals surface area (Å²) in [6.07, 6.45) is 2.70. The molecule has 0 amide bonds. The van der Waals surface area contributed by atoms with E-state index in [0.717, 1.165) is 50.6 Å². The van der Waals surface area contributed by atoms with Gasteiger partial charge in [-0.05, 0) is 26.7 Å². The van der Waals surface area contributed by atoms with Crippen LogP contribution in [0.3, 0.4) is 0 Å². The van der Waals surface area contributed by atoms with Gasteiger partial charge in [0, 0.05) is 51.4 Å². The van der Waals surface area contributed by atoms with E-state index >= 15 is 0 Å². The Balaban J connectivity index is 1.38. The van der Waals surface area contributed by atoms with E-state index in [2.05, 4.69) is 38.7 Å². The molecular weight excluding hydrogens is 292 g/mol. The van der Waals surface area contributed by atoms with Crippen LogP contribution in [0.4, 0.5) is 0 Å². The highest BCUT2D eigenvalue weighted by atomic mass is 16.5. The van der Waals surface area contributed by atoms with Crippen LogP contribution in [-0.2, 0) is 13.1 Å². The minimum Gasteiger partial charge on any atom is -0.338 e. The number of hydrogen-bond donors (Lipinski definition) is 1. The van der Waals surface area contributed by atoms with Crippen LogP contribution in [-0.4, -0.2) is 76.2 Å². The molecule has 2 aliphatic heterocycles. The molecule has 2 N–H and O–H groups in total. The van der Waals surface area contributed by atoms with Crippen molar-refractivity contribution in [2.24, 2.45) is 5.73 Å². The molecular formula is C16H30N6O. The van der Waals surface area contributed by atoms with Gasteiger partial charge in [-0.2, -0.15) is 4.98 Å². The van der Waals surface area contributed by atoms with Crippen LogP contribution in [0.2, 0.25) is 0 Å². The fourth-order valence-corrected chi connectivity index (χ4v) is 3.75. The van der Waals surface area contributed by atoms with Crippen LogP contribution in [0, 0.1) is 0 Å². The first-order valence-corrected chi connectivity index (χ1v) is 8.87. The summed E-state index contributed by atoms with van der Waals surface area (Å²) in [6.45, 7) is 12.6. The summed E-state index contributed by atoms with van der Waals surface area (Å²) in [6, 6.07) is 1.50. The molecule has 23 heavy (non-hydrogen) atoms. The molecule has 2 aliphatic rings. The Hall–Kier alpha value is -1.02. The fraction of sp³-hybridized carbons (Fsp3) is 0.875. The molecule has 0 bridgehead atoms. The minimum atomic E-state index is 0.314. The molecule has 3 heterocycles. The molecule has 2 saturated heterocycles. The number of aromatic nitrogens is 2. The summed E-state index contributed by atoms with van der Waals surface area (Å²) >= 11 is 0. The van der Waals surface area contributed by atoms with Crippen molar-refractivity contribution in [3.63, 3.8) is 0 Å². The van der Waals surface area contributed by atoms with Gasteiger partial charge in [0.2, 0.25) is 5.89 Å². The molecule has 0 radical (unpaired) electrons. The van der Waals surface area contributed by atoms with E-state index in [1.54, 1.807) is 0 Å². The van der Waals surface area contributed by atoms with Crippen molar-refractivity contribution in [2.45, 2.75) is 51.9 Å². The quantitative estimate of drug-likeness (QED) is 0.818. The Morgan fingerprint density at radius 1 is 1.04 bits per heavy atom. The van der Waals surface area contributed by atoms with Gasteiger partial charge in [0.1, 0.15) is 0 Å². The normalized spacial score (nSPS) is 27.8. The third kappa shape index (κ3) is 4.29. The zero-order valence-corrected chi connectivity index (χ0v) is 14.4. The number of nitrogens with zero attached hydrogens (tertiary/aromatic N) is 5. The largest absolute Gasteiger partial charge is 0.338 e. The van der Waals surface area contributed by atoms with Gasteiger partial charge in [0.05, 0.1) is 13.1 Å². The molecule has 1 aromatic rings. The molecule has 0 saturated carbocycles. The summed E-state index contributed by atoms with van der Waals surface area (Å²) in [5.41, 5.74) is 5.50. The number of piperazine rings is 1. The second-order valence-electron chi connectivity index (χ2n) is 6.94. The van der Waals surface area contributed by atoms with E-state index in [1.807, 2.05) is 0 Å². The molecule has 0 aromatic carbocycles. The first kappa shape index (κ1) is 16.8. The number of hydrogen-bond acceptors (Lipinski definition) is 7. The zero-order valence-electron chi connectivity index (χ0n) is 14.4. The van der Waals surface area contributed by atoms with Crippen LogP contribution >= 0.6 is 0 Å². The molecule has 1 aromatic heterocycles. The predicted molar refractivity (Wildman–Crippen MR) is 88.8 cm³/mol. The zero-order chi connectivity index (χ0) is 16.2. The lowest BCUT2D eigenvalue weighted by Crippen LogP contribution is -2.49. The van der Waals surface area contributed by atoms with Crippen LogP contribution in [0.15, 0.2) is 4.52 Å². The molecule has 3 rings (SSSR count). The van der Waals surface area contributed by atoms with Crippen molar-refractivity contribution in [2.75, 3.05) is 39.3 Å². The first-order valence-electron chi connectivity index (χ1n) is 8.87. The van der Waals surface area contributed by atoms with Crippen molar-refractivity contribution in [1.29, 1.82) is 0 Å². The summed E-state index contributed by atoms with van der Waals surface area (Å²) in [5.74, 6) is 1.27. The lowest BCUT2D eigenvalue weighted by molar-refractivity contribution is 0.104. The second-order valence-corrected chi connectivity index (χ2v) is 6.94. The van der Waals surface area contributed by atoms with Gasteiger partial charge in [-0.3, -0.25) is 14.7 Å². The molecule has 2 fully saturated rings. The molecule has 7 nitrogen and oxygen atoms in total. The van der Waals surface area contributed by atoms with Gasteiger partial charge in [-0.1, -0.05) is 5.16 Å². The fourth-order valence-electron chi connectivity index (χ4n) is 3.75. The van der Waals surface area contributed by atoms with E-state index in [0.29, 0.717) is 12.4 Å². The van der Waals surface area contributed by atoms with Crippen molar-refractivity contribution < 1.29 is 4.52 Å². The second kappa shape index (κ2) is 7.70. The first-order chi connectivity index (χ1) is 11.2. The van der Waals surface area contributed by atoms with Gasteiger partial charge in [0.25, 0.3) is 0 Å². The highest BCUT2D eigenvalue weighted by molar-refractivity contribution is 4.87.